The molecule has 0 saturated heterocycles. The molecular formula is C10H8F4O4P+. The predicted molar refractivity (Wildman–Crippen MR) is 56.7 cm³/mol. The number of hydrogen-bond donors (Lipinski definition) is 0. The fraction of sp³-hybridized carbons (Fsp3) is 0.300. The molecule has 0 N–H and O–H groups in total. The minimum absolute atomic E-state index is 0.0263. The van der Waals surface area contributed by atoms with Gasteiger partial charge in [0, 0.05) is 0 Å². The zero-order valence-corrected chi connectivity index (χ0v) is 10.4. The fourth-order valence-electron chi connectivity index (χ4n) is 1.09. The highest BCUT2D eigenvalue weighted by Crippen LogP contribution is 2.34. The van der Waals surface area contributed by atoms with E-state index in [1.165, 1.54) is 6.92 Å². The van der Waals surface area contributed by atoms with E-state index in [4.69, 9.17) is 0 Å². The number of halogens is 4. The van der Waals surface area contributed by atoms with Gasteiger partial charge in [0.25, 0.3) is 0 Å². The standard InChI is InChI=1S/C10H8F4O4P/c1-2-17-19(16)9(15)18-6-3-4-8(11)7(5-6)10(12,13)14/h3-5H,2H2,1H3/q+1. The van der Waals surface area contributed by atoms with Gasteiger partial charge in [-0.25, -0.2) is 4.39 Å². The van der Waals surface area contributed by atoms with Crippen LogP contribution in [-0.2, 0) is 15.3 Å². The molecule has 9 heteroatoms. The van der Waals surface area contributed by atoms with Crippen molar-refractivity contribution in [3.05, 3.63) is 29.6 Å². The molecule has 0 spiro atoms. The van der Waals surface area contributed by atoms with Crippen molar-refractivity contribution in [2.75, 3.05) is 6.61 Å². The van der Waals surface area contributed by atoms with E-state index in [-0.39, 0.29) is 6.61 Å². The molecule has 1 atom stereocenters. The summed E-state index contributed by atoms with van der Waals surface area (Å²) in [6, 6.07) is 1.62. The van der Waals surface area contributed by atoms with Gasteiger partial charge in [-0.2, -0.15) is 18.0 Å². The Bertz CT molecular complexity index is 501. The highest BCUT2D eigenvalue weighted by Gasteiger charge is 2.37. The van der Waals surface area contributed by atoms with E-state index >= 15 is 0 Å². The maximum absolute atomic E-state index is 12.9. The molecule has 0 bridgehead atoms. The highest BCUT2D eigenvalue weighted by atomic mass is 31.1. The molecule has 0 fully saturated rings. The molecule has 0 aliphatic carbocycles. The van der Waals surface area contributed by atoms with Gasteiger partial charge < -0.3 is 4.74 Å². The number of carbonyl (C=O) groups excluding carboxylic acids is 1. The molecule has 1 rings (SSSR count). The average Bonchev–Trinajstić information content (AvgIpc) is 2.30. The lowest BCUT2D eigenvalue weighted by molar-refractivity contribution is -0.140. The van der Waals surface area contributed by atoms with Crippen LogP contribution in [-0.4, -0.2) is 12.3 Å². The second-order valence-corrected chi connectivity index (χ2v) is 4.32. The molecule has 0 aliphatic rings. The minimum Gasteiger partial charge on any atom is -0.386 e. The third-order valence-corrected chi connectivity index (χ3v) is 2.73. The Balaban J connectivity index is 2.92. The van der Waals surface area contributed by atoms with E-state index in [2.05, 4.69) is 9.26 Å². The van der Waals surface area contributed by atoms with E-state index in [0.717, 1.165) is 6.07 Å². The van der Waals surface area contributed by atoms with Crippen molar-refractivity contribution < 1.29 is 36.2 Å². The van der Waals surface area contributed by atoms with Crippen LogP contribution in [0, 0.1) is 5.82 Å². The number of alkyl halides is 3. The van der Waals surface area contributed by atoms with Gasteiger partial charge in [0.2, 0.25) is 0 Å². The minimum atomic E-state index is -4.92. The number of benzene rings is 1. The SMILES string of the molecule is CCO[P+](=O)C(=O)Oc1ccc(F)c(C(F)(F)F)c1. The number of hydrogen-bond acceptors (Lipinski definition) is 4. The Morgan fingerprint density at radius 2 is 2.00 bits per heavy atom. The summed E-state index contributed by atoms with van der Waals surface area (Å²) in [6.45, 7) is 1.45. The van der Waals surface area contributed by atoms with Crippen LogP contribution in [0.2, 0.25) is 0 Å². The summed E-state index contributed by atoms with van der Waals surface area (Å²) in [6.07, 6.45) is -4.92. The van der Waals surface area contributed by atoms with Gasteiger partial charge in [-0.15, -0.1) is 4.52 Å². The highest BCUT2D eigenvalue weighted by molar-refractivity contribution is 7.58. The van der Waals surface area contributed by atoms with Crippen LogP contribution in [0.15, 0.2) is 18.2 Å². The summed E-state index contributed by atoms with van der Waals surface area (Å²) in [5, 5.41) is 0. The van der Waals surface area contributed by atoms with E-state index in [0.29, 0.717) is 12.1 Å². The Morgan fingerprint density at radius 3 is 2.53 bits per heavy atom. The predicted octanol–water partition coefficient (Wildman–Crippen LogP) is 4.12. The first-order valence-electron chi connectivity index (χ1n) is 4.94. The molecular weight excluding hydrogens is 291 g/mol. The van der Waals surface area contributed by atoms with Gasteiger partial charge in [-0.05, 0) is 29.7 Å². The van der Waals surface area contributed by atoms with Gasteiger partial charge in [0.1, 0.15) is 18.2 Å². The van der Waals surface area contributed by atoms with Crippen molar-refractivity contribution in [1.82, 2.24) is 0 Å². The van der Waals surface area contributed by atoms with Crippen molar-refractivity contribution in [2.45, 2.75) is 13.1 Å². The van der Waals surface area contributed by atoms with Crippen LogP contribution in [0.1, 0.15) is 12.5 Å². The zero-order valence-electron chi connectivity index (χ0n) is 9.53. The second kappa shape index (κ2) is 6.08. The molecule has 0 aromatic heterocycles. The summed E-state index contributed by atoms with van der Waals surface area (Å²) in [7, 11) is -2.80. The molecule has 1 aromatic rings. The fourth-order valence-corrected chi connectivity index (χ4v) is 1.61. The van der Waals surface area contributed by atoms with Crippen LogP contribution in [0.4, 0.5) is 22.4 Å². The van der Waals surface area contributed by atoms with E-state index in [1.807, 2.05) is 0 Å². The van der Waals surface area contributed by atoms with E-state index < -0.39 is 37.0 Å². The first-order valence-corrected chi connectivity index (χ1v) is 6.12. The second-order valence-electron chi connectivity index (χ2n) is 3.18. The van der Waals surface area contributed by atoms with Crippen molar-refractivity contribution in [1.29, 1.82) is 0 Å². The molecule has 0 heterocycles. The summed E-state index contributed by atoms with van der Waals surface area (Å²) in [5.41, 5.74) is -2.92. The van der Waals surface area contributed by atoms with Gasteiger partial charge >= 0.3 is 19.9 Å². The maximum atomic E-state index is 12.9. The van der Waals surface area contributed by atoms with Gasteiger partial charge in [-0.1, -0.05) is 0 Å². The van der Waals surface area contributed by atoms with Gasteiger partial charge in [0.05, 0.1) is 5.56 Å². The molecule has 1 aromatic carbocycles. The number of ether oxygens (including phenoxy) is 1. The summed E-state index contributed by atoms with van der Waals surface area (Å²) < 4.78 is 70.0. The molecule has 0 aliphatic heterocycles. The van der Waals surface area contributed by atoms with Crippen molar-refractivity contribution in [3.63, 3.8) is 0 Å². The third-order valence-electron chi connectivity index (χ3n) is 1.84. The molecule has 0 radical (unpaired) electrons. The van der Waals surface area contributed by atoms with E-state index in [9.17, 15) is 26.9 Å². The lowest BCUT2D eigenvalue weighted by atomic mass is 10.2. The van der Waals surface area contributed by atoms with Crippen molar-refractivity contribution in [3.8, 4) is 5.75 Å². The average molecular weight is 299 g/mol. The maximum Gasteiger partial charge on any atom is 0.636 e. The van der Waals surface area contributed by atoms with Gasteiger partial charge in [0.15, 0.2) is 0 Å². The zero-order chi connectivity index (χ0) is 14.6. The summed E-state index contributed by atoms with van der Waals surface area (Å²) in [4.78, 5) is 11.1. The monoisotopic (exact) mass is 299 g/mol. The summed E-state index contributed by atoms with van der Waals surface area (Å²) >= 11 is 0. The first-order chi connectivity index (χ1) is 8.75. The molecule has 0 saturated carbocycles. The largest absolute Gasteiger partial charge is 0.636 e. The van der Waals surface area contributed by atoms with Gasteiger partial charge in [-0.3, -0.25) is 0 Å². The Morgan fingerprint density at radius 1 is 1.37 bits per heavy atom. The van der Waals surface area contributed by atoms with Crippen molar-refractivity contribution >= 4 is 13.7 Å². The molecule has 104 valence electrons. The Kier molecular flexibility index (Phi) is 4.97. The third kappa shape index (κ3) is 4.25. The molecule has 0 amide bonds. The quantitative estimate of drug-likeness (QED) is 0.620. The first kappa shape index (κ1) is 15.5. The van der Waals surface area contributed by atoms with Crippen LogP contribution >= 0.6 is 8.03 Å². The summed E-state index contributed by atoms with van der Waals surface area (Å²) in [5.74, 6) is -2.07. The lowest BCUT2D eigenvalue weighted by Crippen LogP contribution is -2.09. The molecule has 19 heavy (non-hydrogen) atoms. The smallest absolute Gasteiger partial charge is 0.386 e. The van der Waals surface area contributed by atoms with E-state index in [1.54, 1.807) is 0 Å². The lowest BCUT2D eigenvalue weighted by Gasteiger charge is -2.08. The molecule has 1 unspecified atom stereocenters. The number of carbonyl (C=O) groups is 1. The topological polar surface area (TPSA) is 52.6 Å². The van der Waals surface area contributed by atoms with Crippen LogP contribution < -0.4 is 4.74 Å². The van der Waals surface area contributed by atoms with Crippen molar-refractivity contribution in [2.24, 2.45) is 0 Å². The normalized spacial score (nSPS) is 12.2. The Hall–Kier alpha value is -1.53. The number of rotatable bonds is 4. The molecule has 4 nitrogen and oxygen atoms in total. The van der Waals surface area contributed by atoms with Crippen LogP contribution in [0.25, 0.3) is 0 Å². The van der Waals surface area contributed by atoms with Crippen LogP contribution in [0.5, 0.6) is 5.75 Å². The Labute approximate surface area is 106 Å². The van der Waals surface area contributed by atoms with Crippen LogP contribution in [0.3, 0.4) is 0 Å².